The lowest BCUT2D eigenvalue weighted by atomic mass is 9.91. The maximum Gasteiger partial charge on any atom is 0.250 e. The van der Waals surface area contributed by atoms with E-state index in [1.165, 1.54) is 17.4 Å². The highest BCUT2D eigenvalue weighted by Crippen LogP contribution is 2.24. The zero-order valence-electron chi connectivity index (χ0n) is 15.4. The van der Waals surface area contributed by atoms with Crippen molar-refractivity contribution in [3.05, 3.63) is 100 Å². The van der Waals surface area contributed by atoms with Crippen LogP contribution >= 0.6 is 23.6 Å². The zero-order valence-corrected chi connectivity index (χ0v) is 17.0. The van der Waals surface area contributed by atoms with Crippen molar-refractivity contribution in [1.29, 1.82) is 0 Å². The van der Waals surface area contributed by atoms with Gasteiger partial charge in [0.2, 0.25) is 11.8 Å². The Balaban J connectivity index is 1.60. The maximum atomic E-state index is 12.9. The molecular weight excluding hydrogens is 402 g/mol. The number of benzene rings is 2. The molecule has 2 amide bonds. The first-order valence-corrected chi connectivity index (χ1v) is 10.1. The summed E-state index contributed by atoms with van der Waals surface area (Å²) in [4.78, 5) is 25.8. The fraction of sp³-hybridized carbons (Fsp3) is 0.0455. The molecule has 0 aliphatic carbocycles. The van der Waals surface area contributed by atoms with Gasteiger partial charge in [0, 0.05) is 11.0 Å². The number of nitrogens with one attached hydrogen (secondary N) is 3. The number of hydrogen-bond acceptors (Lipinski definition) is 4. The van der Waals surface area contributed by atoms with E-state index in [2.05, 4.69) is 16.2 Å². The molecule has 7 heteroatoms. The molecule has 1 aromatic heterocycles. The molecule has 0 aliphatic rings. The molecule has 0 spiro atoms. The highest BCUT2D eigenvalue weighted by molar-refractivity contribution is 7.80. The Bertz CT molecular complexity index is 948. The van der Waals surface area contributed by atoms with Gasteiger partial charge in [0.05, 0.1) is 5.92 Å². The Hall–Kier alpha value is -3.29. The highest BCUT2D eigenvalue weighted by atomic mass is 32.1. The Morgan fingerprint density at radius 1 is 0.862 bits per heavy atom. The van der Waals surface area contributed by atoms with Crippen LogP contribution < -0.4 is 16.2 Å². The summed E-state index contributed by atoms with van der Waals surface area (Å²) in [6.45, 7) is 0. The predicted molar refractivity (Wildman–Crippen MR) is 120 cm³/mol. The summed E-state index contributed by atoms with van der Waals surface area (Å²) in [6, 6.07) is 22.7. The Kier molecular flexibility index (Phi) is 7.27. The van der Waals surface area contributed by atoms with Crippen LogP contribution in [0.15, 0.2) is 84.3 Å². The van der Waals surface area contributed by atoms with E-state index >= 15 is 0 Å². The van der Waals surface area contributed by atoms with Gasteiger partial charge in [-0.1, -0.05) is 66.7 Å². The molecule has 3 N–H and O–H groups in total. The molecule has 2 aromatic carbocycles. The summed E-state index contributed by atoms with van der Waals surface area (Å²) < 4.78 is 0. The molecule has 0 saturated carbocycles. The number of rotatable bonds is 5. The van der Waals surface area contributed by atoms with Crippen LogP contribution in [0.3, 0.4) is 0 Å². The summed E-state index contributed by atoms with van der Waals surface area (Å²) in [5, 5.41) is 4.44. The number of hydrogen-bond donors (Lipinski definition) is 3. The number of amides is 2. The molecule has 0 bridgehead atoms. The Morgan fingerprint density at radius 2 is 1.48 bits per heavy atom. The van der Waals surface area contributed by atoms with Crippen LogP contribution in [-0.4, -0.2) is 16.9 Å². The van der Waals surface area contributed by atoms with E-state index in [4.69, 9.17) is 12.2 Å². The van der Waals surface area contributed by atoms with Gasteiger partial charge in [0.15, 0.2) is 5.11 Å². The van der Waals surface area contributed by atoms with Crippen molar-refractivity contribution in [3.63, 3.8) is 0 Å². The van der Waals surface area contributed by atoms with E-state index in [0.29, 0.717) is 0 Å². The minimum absolute atomic E-state index is 0.0130. The minimum atomic E-state index is -0.512. The summed E-state index contributed by atoms with van der Waals surface area (Å²) in [5.41, 5.74) is 6.89. The fourth-order valence-electron chi connectivity index (χ4n) is 2.71. The lowest BCUT2D eigenvalue weighted by Gasteiger charge is -2.18. The fourth-order valence-corrected chi connectivity index (χ4v) is 3.48. The molecule has 0 radical (unpaired) electrons. The predicted octanol–water partition coefficient (Wildman–Crippen LogP) is 3.62. The quantitative estimate of drug-likeness (QED) is 0.334. The van der Waals surface area contributed by atoms with E-state index in [-0.39, 0.29) is 16.9 Å². The van der Waals surface area contributed by atoms with Crippen LogP contribution in [0.4, 0.5) is 0 Å². The van der Waals surface area contributed by atoms with Crippen LogP contribution in [0.5, 0.6) is 0 Å². The third-order valence-corrected chi connectivity index (χ3v) is 5.05. The molecule has 3 rings (SSSR count). The largest absolute Gasteiger partial charge is 0.298 e. The highest BCUT2D eigenvalue weighted by Gasteiger charge is 2.22. The molecule has 5 nitrogen and oxygen atoms in total. The van der Waals surface area contributed by atoms with Crippen LogP contribution in [0.1, 0.15) is 21.9 Å². The van der Waals surface area contributed by atoms with E-state index in [1.54, 1.807) is 6.08 Å². The van der Waals surface area contributed by atoms with Crippen molar-refractivity contribution in [3.8, 4) is 0 Å². The van der Waals surface area contributed by atoms with Crippen LogP contribution in [0, 0.1) is 0 Å². The van der Waals surface area contributed by atoms with Crippen molar-refractivity contribution < 1.29 is 9.59 Å². The molecular formula is C22H19N3O2S2. The molecule has 0 atom stereocenters. The van der Waals surface area contributed by atoms with E-state index in [0.717, 1.165) is 16.0 Å². The van der Waals surface area contributed by atoms with Gasteiger partial charge in [-0.05, 0) is 40.9 Å². The molecule has 3 aromatic rings. The molecule has 1 heterocycles. The number of thiophene rings is 1. The molecule has 0 aliphatic heterocycles. The van der Waals surface area contributed by atoms with E-state index < -0.39 is 5.92 Å². The zero-order chi connectivity index (χ0) is 20.5. The van der Waals surface area contributed by atoms with Gasteiger partial charge < -0.3 is 0 Å². The SMILES string of the molecule is O=C(/C=C/c1cccs1)NC(=S)NNC(=O)C(c1ccccc1)c1ccccc1. The average Bonchev–Trinajstić information content (AvgIpc) is 3.26. The average molecular weight is 422 g/mol. The van der Waals surface area contributed by atoms with Gasteiger partial charge in [-0.2, -0.15) is 0 Å². The maximum absolute atomic E-state index is 12.9. The summed E-state index contributed by atoms with van der Waals surface area (Å²) in [7, 11) is 0. The smallest absolute Gasteiger partial charge is 0.250 e. The van der Waals surface area contributed by atoms with Crippen molar-refractivity contribution in [1.82, 2.24) is 16.2 Å². The number of carbonyl (C=O) groups is 2. The third-order valence-electron chi connectivity index (χ3n) is 4.01. The van der Waals surface area contributed by atoms with Gasteiger partial charge in [-0.25, -0.2) is 0 Å². The van der Waals surface area contributed by atoms with Gasteiger partial charge >= 0.3 is 0 Å². The number of thiocarbonyl (C=S) groups is 1. The van der Waals surface area contributed by atoms with E-state index in [9.17, 15) is 9.59 Å². The molecule has 0 fully saturated rings. The summed E-state index contributed by atoms with van der Waals surface area (Å²) in [5.74, 6) is -1.18. The number of hydrazine groups is 1. The molecule has 146 valence electrons. The van der Waals surface area contributed by atoms with Gasteiger partial charge in [0.25, 0.3) is 0 Å². The van der Waals surface area contributed by atoms with Crippen LogP contribution in [-0.2, 0) is 9.59 Å². The van der Waals surface area contributed by atoms with Crippen LogP contribution in [0.25, 0.3) is 6.08 Å². The Morgan fingerprint density at radius 3 is 2.03 bits per heavy atom. The first kappa shape index (κ1) is 20.4. The van der Waals surface area contributed by atoms with Crippen molar-refractivity contribution in [2.24, 2.45) is 0 Å². The first-order valence-electron chi connectivity index (χ1n) is 8.86. The standard InChI is InChI=1S/C22H19N3O2S2/c26-19(14-13-18-12-7-15-29-18)23-22(28)25-24-21(27)20(16-8-3-1-4-9-16)17-10-5-2-6-11-17/h1-15,20H,(H,24,27)(H2,23,25,26,28)/b14-13+. The van der Waals surface area contributed by atoms with Gasteiger partial charge in [0.1, 0.15) is 0 Å². The van der Waals surface area contributed by atoms with Gasteiger partial charge in [-0.15, -0.1) is 11.3 Å². The second-order valence-corrected chi connectivity index (χ2v) is 7.42. The normalized spacial score (nSPS) is 10.7. The monoisotopic (exact) mass is 421 g/mol. The summed E-state index contributed by atoms with van der Waals surface area (Å²) in [6.07, 6.45) is 3.08. The topological polar surface area (TPSA) is 70.2 Å². The minimum Gasteiger partial charge on any atom is -0.298 e. The van der Waals surface area contributed by atoms with Crippen molar-refractivity contribution in [2.45, 2.75) is 5.92 Å². The van der Waals surface area contributed by atoms with Gasteiger partial charge in [-0.3, -0.25) is 25.8 Å². The van der Waals surface area contributed by atoms with E-state index in [1.807, 2.05) is 78.2 Å². The van der Waals surface area contributed by atoms with Crippen molar-refractivity contribution in [2.75, 3.05) is 0 Å². The second kappa shape index (κ2) is 10.3. The number of carbonyl (C=O) groups excluding carboxylic acids is 2. The molecule has 0 unspecified atom stereocenters. The van der Waals surface area contributed by atoms with Crippen LogP contribution in [0.2, 0.25) is 0 Å². The Labute approximate surface area is 178 Å². The first-order chi connectivity index (χ1) is 14.1. The molecule has 0 saturated heterocycles. The second-order valence-electron chi connectivity index (χ2n) is 6.04. The lowest BCUT2D eigenvalue weighted by molar-refractivity contribution is -0.122. The third kappa shape index (κ3) is 6.10. The molecule has 29 heavy (non-hydrogen) atoms. The lowest BCUT2D eigenvalue weighted by Crippen LogP contribution is -2.49. The summed E-state index contributed by atoms with van der Waals surface area (Å²) >= 11 is 6.62. The van der Waals surface area contributed by atoms with Crippen molar-refractivity contribution >= 4 is 46.6 Å².